The first-order valence-electron chi connectivity index (χ1n) is 5.05. The Balaban J connectivity index is 2.13. The van der Waals surface area contributed by atoms with Crippen LogP contribution in [-0.4, -0.2) is 25.8 Å². The van der Waals surface area contributed by atoms with Gasteiger partial charge in [-0.25, -0.2) is 0 Å². The van der Waals surface area contributed by atoms with Crippen LogP contribution in [0.1, 0.15) is 6.42 Å². The highest BCUT2D eigenvalue weighted by atomic mass is 35.5. The van der Waals surface area contributed by atoms with E-state index < -0.39 is 0 Å². The van der Waals surface area contributed by atoms with Gasteiger partial charge in [0.25, 0.3) is 0 Å². The molecule has 92 valence electrons. The van der Waals surface area contributed by atoms with Gasteiger partial charge in [0.15, 0.2) is 11.5 Å². The van der Waals surface area contributed by atoms with Gasteiger partial charge in [0, 0.05) is 12.1 Å². The van der Waals surface area contributed by atoms with Crippen molar-refractivity contribution in [1.29, 1.82) is 0 Å². The minimum absolute atomic E-state index is 0.137. The monoisotopic (exact) mass is 257 g/mol. The molecule has 2 rings (SSSR count). The summed E-state index contributed by atoms with van der Waals surface area (Å²) in [6, 6.07) is 3.18. The van der Waals surface area contributed by atoms with E-state index in [1.807, 2.05) is 0 Å². The smallest absolute Gasteiger partial charge is 0.309 e. The van der Waals surface area contributed by atoms with Gasteiger partial charge >= 0.3 is 5.97 Å². The van der Waals surface area contributed by atoms with Gasteiger partial charge in [-0.1, -0.05) is 11.6 Å². The number of ether oxygens (including phenoxy) is 3. The number of benzene rings is 1. The highest BCUT2D eigenvalue weighted by Gasteiger charge is 2.24. The van der Waals surface area contributed by atoms with E-state index in [-0.39, 0.29) is 25.1 Å². The fraction of sp³-hybridized carbons (Fsp3) is 0.364. The normalized spacial score (nSPS) is 17.6. The molecule has 0 aromatic heterocycles. The number of rotatable bonds is 2. The lowest BCUT2D eigenvalue weighted by molar-refractivity contribution is -0.143. The molecule has 1 aromatic carbocycles. The van der Waals surface area contributed by atoms with E-state index >= 15 is 0 Å². The van der Waals surface area contributed by atoms with Crippen molar-refractivity contribution in [2.24, 2.45) is 0 Å². The largest absolute Gasteiger partial charge is 0.486 e. The maximum absolute atomic E-state index is 11.1. The maximum Gasteiger partial charge on any atom is 0.309 e. The zero-order valence-electron chi connectivity index (χ0n) is 9.23. The van der Waals surface area contributed by atoms with Gasteiger partial charge in [-0.3, -0.25) is 4.79 Å². The summed E-state index contributed by atoms with van der Waals surface area (Å²) in [5.74, 6) is 0.681. The van der Waals surface area contributed by atoms with Crippen molar-refractivity contribution in [2.45, 2.75) is 12.5 Å². The summed E-state index contributed by atoms with van der Waals surface area (Å²) in [5.41, 5.74) is 6.07. The van der Waals surface area contributed by atoms with Crippen LogP contribution in [0.15, 0.2) is 12.1 Å². The van der Waals surface area contributed by atoms with Crippen LogP contribution in [0.2, 0.25) is 5.02 Å². The van der Waals surface area contributed by atoms with Crippen molar-refractivity contribution < 1.29 is 19.0 Å². The molecule has 0 fully saturated rings. The van der Waals surface area contributed by atoms with Crippen molar-refractivity contribution in [3.8, 4) is 11.5 Å². The average Bonchev–Trinajstić information content (AvgIpc) is 2.31. The molecule has 0 aliphatic carbocycles. The number of fused-ring (bicyclic) bond motifs is 1. The highest BCUT2D eigenvalue weighted by molar-refractivity contribution is 6.33. The van der Waals surface area contributed by atoms with E-state index in [4.69, 9.17) is 26.8 Å². The van der Waals surface area contributed by atoms with Gasteiger partial charge in [0.05, 0.1) is 24.2 Å². The van der Waals surface area contributed by atoms with Crippen molar-refractivity contribution in [2.75, 3.05) is 19.5 Å². The maximum atomic E-state index is 11.1. The van der Waals surface area contributed by atoms with Crippen molar-refractivity contribution in [3.05, 3.63) is 17.2 Å². The molecule has 1 aromatic rings. The van der Waals surface area contributed by atoms with Crippen molar-refractivity contribution in [1.82, 2.24) is 0 Å². The Labute approximate surface area is 103 Å². The molecule has 0 amide bonds. The number of nitrogens with two attached hydrogens (primary N) is 1. The van der Waals surface area contributed by atoms with E-state index in [2.05, 4.69) is 4.74 Å². The quantitative estimate of drug-likeness (QED) is 0.644. The third kappa shape index (κ3) is 2.55. The summed E-state index contributed by atoms with van der Waals surface area (Å²) < 4.78 is 15.6. The van der Waals surface area contributed by atoms with Gasteiger partial charge in [-0.05, 0) is 0 Å². The molecular formula is C11H12ClNO4. The predicted octanol–water partition coefficient (Wildman–Crippen LogP) is 1.63. The van der Waals surface area contributed by atoms with Crippen LogP contribution in [0.3, 0.4) is 0 Å². The number of hydrogen-bond donors (Lipinski definition) is 1. The third-order valence-corrected chi connectivity index (χ3v) is 2.73. The Morgan fingerprint density at radius 2 is 2.35 bits per heavy atom. The third-order valence-electron chi connectivity index (χ3n) is 2.40. The molecule has 0 saturated carbocycles. The SMILES string of the molecule is COC(=O)CC1COc2cc(N)c(Cl)cc2O1. The molecule has 1 heterocycles. The molecule has 0 bridgehead atoms. The average molecular weight is 258 g/mol. The van der Waals surface area contributed by atoms with E-state index in [1.165, 1.54) is 7.11 Å². The second-order valence-electron chi connectivity index (χ2n) is 3.65. The molecule has 0 spiro atoms. The lowest BCUT2D eigenvalue weighted by atomic mass is 10.2. The molecule has 1 aliphatic heterocycles. The highest BCUT2D eigenvalue weighted by Crippen LogP contribution is 2.38. The zero-order chi connectivity index (χ0) is 12.4. The van der Waals surface area contributed by atoms with Crippen LogP contribution >= 0.6 is 11.6 Å². The van der Waals surface area contributed by atoms with Crippen LogP contribution < -0.4 is 15.2 Å². The van der Waals surface area contributed by atoms with Gasteiger partial charge in [0.1, 0.15) is 12.7 Å². The zero-order valence-corrected chi connectivity index (χ0v) is 9.99. The summed E-state index contributed by atoms with van der Waals surface area (Å²) in [7, 11) is 1.33. The fourth-order valence-electron chi connectivity index (χ4n) is 1.52. The van der Waals surface area contributed by atoms with Gasteiger partial charge in [-0.15, -0.1) is 0 Å². The molecule has 1 aliphatic rings. The summed E-state index contributed by atoms with van der Waals surface area (Å²) in [4.78, 5) is 11.1. The summed E-state index contributed by atoms with van der Waals surface area (Å²) in [6.07, 6.45) is -0.229. The van der Waals surface area contributed by atoms with E-state index in [9.17, 15) is 4.79 Å². The molecule has 0 radical (unpaired) electrons. The number of hydrogen-bond acceptors (Lipinski definition) is 5. The number of nitrogen functional groups attached to an aromatic ring is 1. The Hall–Kier alpha value is -1.62. The standard InChI is InChI=1S/C11H12ClNO4/c1-15-11(14)2-6-5-16-9-4-8(13)7(12)3-10(9)17-6/h3-4,6H,2,5,13H2,1H3. The van der Waals surface area contributed by atoms with E-state index in [1.54, 1.807) is 12.1 Å². The number of halogens is 1. The number of esters is 1. The number of methoxy groups -OCH3 is 1. The predicted molar refractivity (Wildman–Crippen MR) is 62.4 cm³/mol. The molecule has 1 unspecified atom stereocenters. The second-order valence-corrected chi connectivity index (χ2v) is 4.06. The molecule has 1 atom stereocenters. The van der Waals surface area contributed by atoms with Crippen LogP contribution in [0.25, 0.3) is 0 Å². The van der Waals surface area contributed by atoms with Crippen molar-refractivity contribution in [3.63, 3.8) is 0 Å². The Kier molecular flexibility index (Phi) is 3.28. The number of anilines is 1. The molecule has 5 nitrogen and oxygen atoms in total. The minimum Gasteiger partial charge on any atom is -0.486 e. The van der Waals surface area contributed by atoms with E-state index in [0.29, 0.717) is 22.2 Å². The first-order valence-corrected chi connectivity index (χ1v) is 5.43. The fourth-order valence-corrected chi connectivity index (χ4v) is 1.68. The molecule has 0 saturated heterocycles. The molecule has 17 heavy (non-hydrogen) atoms. The Bertz CT molecular complexity index is 449. The molecular weight excluding hydrogens is 246 g/mol. The minimum atomic E-state index is -0.366. The van der Waals surface area contributed by atoms with Crippen LogP contribution in [0.4, 0.5) is 5.69 Å². The summed E-state index contributed by atoms with van der Waals surface area (Å²) in [5, 5.41) is 0.395. The molecule has 6 heteroatoms. The Morgan fingerprint density at radius 1 is 1.59 bits per heavy atom. The van der Waals surface area contributed by atoms with E-state index in [0.717, 1.165) is 0 Å². The topological polar surface area (TPSA) is 70.8 Å². The molecule has 2 N–H and O–H groups in total. The number of carbonyl (C=O) groups excluding carboxylic acids is 1. The number of carbonyl (C=O) groups is 1. The van der Waals surface area contributed by atoms with Crippen LogP contribution in [0, 0.1) is 0 Å². The first kappa shape index (κ1) is 11.9. The van der Waals surface area contributed by atoms with Gasteiger partial charge in [0.2, 0.25) is 0 Å². The summed E-state index contributed by atoms with van der Waals surface area (Å²) in [6.45, 7) is 0.281. The van der Waals surface area contributed by atoms with Crippen LogP contribution in [0.5, 0.6) is 11.5 Å². The first-order chi connectivity index (χ1) is 8.10. The second kappa shape index (κ2) is 4.71. The van der Waals surface area contributed by atoms with Gasteiger partial charge < -0.3 is 19.9 Å². The van der Waals surface area contributed by atoms with Crippen molar-refractivity contribution >= 4 is 23.3 Å². The lowest BCUT2D eigenvalue weighted by Crippen LogP contribution is -2.31. The lowest BCUT2D eigenvalue weighted by Gasteiger charge is -2.26. The Morgan fingerprint density at radius 3 is 3.06 bits per heavy atom. The summed E-state index contributed by atoms with van der Waals surface area (Å²) >= 11 is 5.87. The van der Waals surface area contributed by atoms with Crippen LogP contribution in [-0.2, 0) is 9.53 Å². The van der Waals surface area contributed by atoms with Gasteiger partial charge in [-0.2, -0.15) is 0 Å².